The van der Waals surface area contributed by atoms with Gasteiger partial charge >= 0.3 is 0 Å². The first kappa shape index (κ1) is 109. The molecule has 0 unspecified atom stereocenters. The van der Waals surface area contributed by atoms with Crippen molar-refractivity contribution < 1.29 is 30.6 Å². The molecular formula is C118H146O6. The molecule has 124 heavy (non-hydrogen) atoms. The Hall–Kier alpha value is -12.9. The van der Waals surface area contributed by atoms with Crippen LogP contribution >= 0.6 is 0 Å². The van der Waals surface area contributed by atoms with E-state index >= 15 is 0 Å². The highest BCUT2D eigenvalue weighted by Gasteiger charge is 2.26. The molecule has 0 saturated heterocycles. The van der Waals surface area contributed by atoms with Crippen LogP contribution in [0, 0.1) is 20.8 Å². The van der Waals surface area contributed by atoms with E-state index in [1.165, 1.54) is 73.3 Å². The largest absolute Gasteiger partial charge is 0.508 e. The van der Waals surface area contributed by atoms with Crippen molar-refractivity contribution in [3.8, 4) is 34.5 Å². The Morgan fingerprint density at radius 1 is 0.145 bits per heavy atom. The SMILES string of the molecule is CC.CC.CC.CC.CC.CC(C)(c1ccccc1)c1ccccc1.CC(C)(c1ccccc1)c1ccccc1.CC(C)(c1ccccc1)c1ccccc1.CC(C)(c1ccccc1)c1ccccc1.CC(C)(c1ccccc1)c1ccccc1.Cc1ccc(O)cc1.Cc1cccc(O)c1.Cc1ccccc1O.Oc1ccccc1.Oc1ccccc1O. The fourth-order valence-corrected chi connectivity index (χ4v) is 12.0. The Balaban J connectivity index is 0.000000689. The molecule has 0 saturated carbocycles. The summed E-state index contributed by atoms with van der Waals surface area (Å²) in [5, 5.41) is 52.5. The molecule has 6 heteroatoms. The van der Waals surface area contributed by atoms with Crippen LogP contribution < -0.4 is 0 Å². The highest BCUT2D eigenvalue weighted by molar-refractivity contribution is 5.43. The van der Waals surface area contributed by atoms with Crippen LogP contribution in [0.1, 0.15) is 211 Å². The van der Waals surface area contributed by atoms with Gasteiger partial charge in [-0.2, -0.15) is 0 Å². The van der Waals surface area contributed by atoms with Crippen molar-refractivity contribution in [2.75, 3.05) is 0 Å². The molecule has 0 fully saturated rings. The molecule has 15 aromatic carbocycles. The van der Waals surface area contributed by atoms with E-state index in [0.717, 1.165) is 11.1 Å². The molecule has 0 spiro atoms. The molecule has 0 atom stereocenters. The summed E-state index contributed by atoms with van der Waals surface area (Å²) in [5.41, 5.74) is 17.2. The lowest BCUT2D eigenvalue weighted by atomic mass is 9.78. The minimum atomic E-state index is -0.0764. The average molecular weight is 1660 g/mol. The van der Waals surface area contributed by atoms with Crippen LogP contribution in [0.3, 0.4) is 0 Å². The molecule has 0 aliphatic rings. The first-order valence-corrected chi connectivity index (χ1v) is 43.7. The van der Waals surface area contributed by atoms with E-state index in [0.29, 0.717) is 23.0 Å². The number of rotatable bonds is 10. The average Bonchev–Trinajstić information content (AvgIpc) is 0.837. The number of phenols is 6. The van der Waals surface area contributed by atoms with Gasteiger partial charge in [-0.05, 0) is 142 Å². The zero-order valence-corrected chi connectivity index (χ0v) is 78.7. The van der Waals surface area contributed by atoms with E-state index in [1.54, 1.807) is 66.7 Å². The quantitative estimate of drug-likeness (QED) is 0.0759. The summed E-state index contributed by atoms with van der Waals surface area (Å²) in [6.07, 6.45) is 0. The summed E-state index contributed by atoms with van der Waals surface area (Å²) in [4.78, 5) is 0. The van der Waals surface area contributed by atoms with Crippen LogP contribution in [0.4, 0.5) is 0 Å². The van der Waals surface area contributed by atoms with Crippen LogP contribution in [0.15, 0.2) is 431 Å². The molecule has 6 N–H and O–H groups in total. The third kappa shape index (κ3) is 40.6. The second-order valence-electron chi connectivity index (χ2n) is 30.1. The molecule has 0 aromatic heterocycles. The number of hydrogen-bond acceptors (Lipinski definition) is 6. The van der Waals surface area contributed by atoms with Crippen molar-refractivity contribution in [1.82, 2.24) is 0 Å². The molecule has 15 aromatic rings. The molecule has 654 valence electrons. The van der Waals surface area contributed by atoms with E-state index in [4.69, 9.17) is 30.6 Å². The van der Waals surface area contributed by atoms with Gasteiger partial charge in [0.1, 0.15) is 23.0 Å². The maximum atomic E-state index is 8.92. The van der Waals surface area contributed by atoms with E-state index in [2.05, 4.69) is 373 Å². The zero-order valence-electron chi connectivity index (χ0n) is 78.7. The van der Waals surface area contributed by atoms with E-state index in [-0.39, 0.29) is 38.6 Å². The maximum Gasteiger partial charge on any atom is 0.157 e. The van der Waals surface area contributed by atoms with Crippen molar-refractivity contribution >= 4 is 0 Å². The summed E-state index contributed by atoms with van der Waals surface area (Å²) in [6, 6.07) is 143. The van der Waals surface area contributed by atoms with Crippen molar-refractivity contribution in [1.29, 1.82) is 0 Å². The lowest BCUT2D eigenvalue weighted by Crippen LogP contribution is -2.18. The third-order valence-corrected chi connectivity index (χ3v) is 19.7. The van der Waals surface area contributed by atoms with Crippen molar-refractivity contribution in [2.24, 2.45) is 0 Å². The van der Waals surface area contributed by atoms with E-state index < -0.39 is 0 Å². The van der Waals surface area contributed by atoms with Gasteiger partial charge in [0.25, 0.3) is 0 Å². The van der Waals surface area contributed by atoms with E-state index in [1.807, 2.05) is 139 Å². The van der Waals surface area contributed by atoms with Gasteiger partial charge in [0.15, 0.2) is 11.5 Å². The number of hydrogen-bond donors (Lipinski definition) is 6. The fourth-order valence-electron chi connectivity index (χ4n) is 12.0. The van der Waals surface area contributed by atoms with Gasteiger partial charge in [-0.25, -0.2) is 0 Å². The predicted molar refractivity (Wildman–Crippen MR) is 538 cm³/mol. The van der Waals surface area contributed by atoms with Gasteiger partial charge in [0.2, 0.25) is 0 Å². The van der Waals surface area contributed by atoms with Crippen LogP contribution in [0.2, 0.25) is 0 Å². The predicted octanol–water partition coefficient (Wildman–Crippen LogP) is 32.8. The lowest BCUT2D eigenvalue weighted by molar-refractivity contribution is 0.404. The molecular weight excluding hydrogens is 1510 g/mol. The van der Waals surface area contributed by atoms with Gasteiger partial charge in [0.05, 0.1) is 0 Å². The maximum absolute atomic E-state index is 8.92. The monoisotopic (exact) mass is 1660 g/mol. The summed E-state index contributed by atoms with van der Waals surface area (Å²) < 4.78 is 0. The smallest absolute Gasteiger partial charge is 0.157 e. The summed E-state index contributed by atoms with van der Waals surface area (Å²) in [5.74, 6) is 1.20. The second-order valence-corrected chi connectivity index (χ2v) is 30.1. The number of aromatic hydroxyl groups is 6. The summed E-state index contributed by atoms with van der Waals surface area (Å²) in [7, 11) is 0. The van der Waals surface area contributed by atoms with Gasteiger partial charge in [0, 0.05) is 27.1 Å². The molecule has 0 radical (unpaired) electrons. The minimum Gasteiger partial charge on any atom is -0.508 e. The van der Waals surface area contributed by atoms with Crippen LogP contribution in [0.5, 0.6) is 34.5 Å². The Morgan fingerprint density at radius 2 is 0.306 bits per heavy atom. The summed E-state index contributed by atoms with van der Waals surface area (Å²) >= 11 is 0. The van der Waals surface area contributed by atoms with Crippen LogP contribution in [-0.2, 0) is 27.1 Å². The molecule has 15 rings (SSSR count). The lowest BCUT2D eigenvalue weighted by Gasteiger charge is -2.25. The highest BCUT2D eigenvalue weighted by atomic mass is 16.3. The number of phenolic OH excluding ortho intramolecular Hbond substituents is 6. The molecule has 0 aliphatic carbocycles. The van der Waals surface area contributed by atoms with Gasteiger partial charge < -0.3 is 30.6 Å². The zero-order chi connectivity index (χ0) is 92.7. The molecule has 6 nitrogen and oxygen atoms in total. The Kier molecular flexibility index (Phi) is 54.8. The minimum absolute atomic E-state index is 0.0764. The second kappa shape index (κ2) is 62.2. The fraction of sp³-hybridized carbons (Fsp3) is 0.237. The van der Waals surface area contributed by atoms with Crippen LogP contribution in [0.25, 0.3) is 0 Å². The van der Waals surface area contributed by atoms with Gasteiger partial charge in [-0.15, -0.1) is 0 Å². The Labute approximate surface area is 749 Å². The first-order chi connectivity index (χ1) is 59.6. The van der Waals surface area contributed by atoms with Crippen molar-refractivity contribution in [3.63, 3.8) is 0 Å². The summed E-state index contributed by atoms with van der Waals surface area (Å²) in [6.45, 7) is 48.4. The van der Waals surface area contributed by atoms with Gasteiger partial charge in [-0.3, -0.25) is 0 Å². The highest BCUT2D eigenvalue weighted by Crippen LogP contribution is 2.36. The van der Waals surface area contributed by atoms with Gasteiger partial charge in [-0.1, -0.05) is 520 Å². The normalized spacial score (nSPS) is 9.93. The Bertz CT molecular complexity index is 4170. The van der Waals surface area contributed by atoms with Crippen molar-refractivity contribution in [3.05, 3.63) is 503 Å². The van der Waals surface area contributed by atoms with Crippen LogP contribution in [-0.4, -0.2) is 30.6 Å². The standard InChI is InChI=1S/5C15H16.3C7H8O.C6H6O2.C6H6O.5C2H6/c5*1-15(2,13-9-5-3-6-10-13)14-11-7-4-8-12-14;1-6-2-4-7(8)5-3-6;1-6-3-2-4-7(8)5-6;1-6-4-2-3-5-7(6)8;7-5-3-1-2-4-6(5)8;7-6-4-2-1-3-5-6;5*1-2/h5*3-12H,1-2H3;3*2-5,8H,1H3;1-4,7-8H;1-5,7H;5*1-2H3. The molecule has 0 heterocycles. The van der Waals surface area contributed by atoms with E-state index in [9.17, 15) is 0 Å². The van der Waals surface area contributed by atoms with Crippen molar-refractivity contribution in [2.45, 2.75) is 186 Å². The molecule has 0 amide bonds. The number of benzene rings is 15. The molecule has 0 aliphatic heterocycles. The first-order valence-electron chi connectivity index (χ1n) is 43.7. The Morgan fingerprint density at radius 3 is 0.435 bits per heavy atom. The number of aryl methyl sites for hydroxylation is 3. The number of para-hydroxylation sites is 4. The molecule has 0 bridgehead atoms. The topological polar surface area (TPSA) is 121 Å². The third-order valence-electron chi connectivity index (χ3n) is 19.7.